The number of nitrogens with two attached hydrogens (primary N) is 1. The van der Waals surface area contributed by atoms with E-state index in [4.69, 9.17) is 22.1 Å². The zero-order valence-electron chi connectivity index (χ0n) is 22.2. The second-order valence-electron chi connectivity index (χ2n) is 9.46. The third kappa shape index (κ3) is 6.54. The van der Waals surface area contributed by atoms with Gasteiger partial charge in [0.15, 0.2) is 5.82 Å². The molecule has 3 aromatic heterocycles. The first kappa shape index (κ1) is 28.6. The normalized spacial score (nSPS) is 12.4. The number of imidazole rings is 1. The molecule has 5 aromatic rings. The number of carbonyl (C=O) groups is 1. The second-order valence-corrected chi connectivity index (χ2v) is 13.1. The summed E-state index contributed by atoms with van der Waals surface area (Å²) in [7, 11) is -2.40. The lowest BCUT2D eigenvalue weighted by Gasteiger charge is -2.09. The number of halogens is 1. The monoisotopic (exact) mass is 613 g/mol. The van der Waals surface area contributed by atoms with E-state index < -0.39 is 10.0 Å². The molecule has 41 heavy (non-hydrogen) atoms. The predicted octanol–water partition coefficient (Wildman–Crippen LogP) is 4.45. The molecule has 0 fully saturated rings. The maximum absolute atomic E-state index is 13.1. The highest BCUT2D eigenvalue weighted by Crippen LogP contribution is 2.35. The molecule has 5 rings (SSSR count). The summed E-state index contributed by atoms with van der Waals surface area (Å²) in [6, 6.07) is 15.7. The molecule has 11 nitrogen and oxygen atoms in total. The fourth-order valence-electron chi connectivity index (χ4n) is 4.37. The highest BCUT2D eigenvalue weighted by molar-refractivity contribution is 7.94. The van der Waals surface area contributed by atoms with E-state index >= 15 is 0 Å². The number of rotatable bonds is 10. The number of carbonyl (C=O) groups excluding carboxylic acids is 1. The van der Waals surface area contributed by atoms with Crippen molar-refractivity contribution in [2.24, 2.45) is 5.73 Å². The Bertz CT molecular complexity index is 1810. The average molecular weight is 614 g/mol. The van der Waals surface area contributed by atoms with Crippen molar-refractivity contribution >= 4 is 55.7 Å². The molecule has 0 bridgehead atoms. The van der Waals surface area contributed by atoms with Crippen LogP contribution in [0.3, 0.4) is 0 Å². The number of anilines is 1. The van der Waals surface area contributed by atoms with Crippen LogP contribution in [0.1, 0.15) is 23.7 Å². The van der Waals surface area contributed by atoms with Crippen LogP contribution in [-0.2, 0) is 29.5 Å². The summed E-state index contributed by atoms with van der Waals surface area (Å²) < 4.78 is 37.8. The van der Waals surface area contributed by atoms with Crippen LogP contribution >= 0.6 is 22.9 Å². The summed E-state index contributed by atoms with van der Waals surface area (Å²) in [4.78, 5) is 16.8. The Morgan fingerprint density at radius 2 is 1.95 bits per heavy atom. The van der Waals surface area contributed by atoms with Gasteiger partial charge in [0, 0.05) is 25.2 Å². The summed E-state index contributed by atoms with van der Waals surface area (Å²) in [5, 5.41) is 8.04. The Kier molecular flexibility index (Phi) is 8.31. The molecule has 0 radical (unpaired) electrons. The van der Waals surface area contributed by atoms with Gasteiger partial charge in [0.2, 0.25) is 0 Å². The van der Waals surface area contributed by atoms with Crippen molar-refractivity contribution in [3.8, 4) is 5.75 Å². The smallest absolute Gasteiger partial charge is 0.327 e. The summed E-state index contributed by atoms with van der Waals surface area (Å²) in [5.41, 5.74) is 9.05. The Morgan fingerprint density at radius 1 is 1.17 bits per heavy atom. The Morgan fingerprint density at radius 3 is 2.68 bits per heavy atom. The number of ether oxygens (including phenoxy) is 1. The van der Waals surface area contributed by atoms with Crippen molar-refractivity contribution in [1.82, 2.24) is 24.6 Å². The molecule has 0 aliphatic heterocycles. The van der Waals surface area contributed by atoms with Crippen molar-refractivity contribution in [3.05, 3.63) is 88.3 Å². The van der Waals surface area contributed by atoms with Gasteiger partial charge in [-0.05, 0) is 42.3 Å². The molecule has 4 N–H and O–H groups in total. The molecule has 0 saturated heterocycles. The van der Waals surface area contributed by atoms with Crippen LogP contribution in [0.2, 0.25) is 4.34 Å². The molecule has 0 unspecified atom stereocenters. The van der Waals surface area contributed by atoms with E-state index in [1.54, 1.807) is 16.9 Å². The highest BCUT2D eigenvalue weighted by atomic mass is 35.5. The van der Waals surface area contributed by atoms with Gasteiger partial charge in [0.25, 0.3) is 10.0 Å². The third-order valence-corrected chi connectivity index (χ3v) is 9.24. The van der Waals surface area contributed by atoms with Crippen molar-refractivity contribution < 1.29 is 17.9 Å². The number of sulfonamides is 1. The summed E-state index contributed by atoms with van der Waals surface area (Å²) in [6.45, 7) is 2.53. The number of methoxy groups -OCH3 is 1. The first-order valence-corrected chi connectivity index (χ1v) is 15.3. The van der Waals surface area contributed by atoms with Crippen LogP contribution in [0.5, 0.6) is 5.75 Å². The summed E-state index contributed by atoms with van der Waals surface area (Å²) in [5.74, 6) is 0.629. The maximum Gasteiger partial charge on any atom is 0.327 e. The van der Waals surface area contributed by atoms with Crippen LogP contribution in [0.15, 0.2) is 71.3 Å². The van der Waals surface area contributed by atoms with Gasteiger partial charge in [-0.15, -0.1) is 11.3 Å². The Balaban J connectivity index is 1.36. The van der Waals surface area contributed by atoms with Crippen LogP contribution in [0.4, 0.5) is 10.6 Å². The van der Waals surface area contributed by atoms with Gasteiger partial charge in [-0.2, -0.15) is 5.10 Å². The molecule has 14 heteroatoms. The van der Waals surface area contributed by atoms with E-state index in [-0.39, 0.29) is 22.1 Å². The van der Waals surface area contributed by atoms with Gasteiger partial charge in [-0.25, -0.2) is 18.2 Å². The summed E-state index contributed by atoms with van der Waals surface area (Å²) >= 11 is 6.92. The van der Waals surface area contributed by atoms with Crippen molar-refractivity contribution in [2.45, 2.75) is 36.7 Å². The number of hydrogen-bond acceptors (Lipinski definition) is 8. The molecular weight excluding hydrogens is 586 g/mol. The Hall–Kier alpha value is -3.91. The molecule has 2 aromatic carbocycles. The number of nitrogens with zero attached hydrogens (tertiary/aromatic N) is 4. The highest BCUT2D eigenvalue weighted by Gasteiger charge is 2.23. The van der Waals surface area contributed by atoms with E-state index in [1.807, 2.05) is 43.3 Å². The number of fused-ring (bicyclic) bond motifs is 1. The molecule has 0 saturated carbocycles. The number of amides is 1. The lowest BCUT2D eigenvalue weighted by atomic mass is 10.1. The standard InChI is InChI=1S/C27H28ClN7O4S2/c1-17(29)11-20-15-34(16-31-20)27(36)30-13-18-5-3-6-19(12-18)14-35-21-7-4-8-22(39-2)25(21)26(32-35)33-41(37,38)24-10-9-23(28)40-24/h3-10,12,15-17H,11,13-14,29H2,1-2H3,(H,30,36)(H,32,33)/t17-/m1/s1. The molecule has 214 valence electrons. The minimum atomic E-state index is -3.92. The number of hydrogen-bond donors (Lipinski definition) is 3. The van der Waals surface area contributed by atoms with E-state index in [0.29, 0.717) is 40.5 Å². The number of thiophene rings is 1. The number of nitrogens with one attached hydrogen (secondary N) is 2. The third-order valence-electron chi connectivity index (χ3n) is 6.17. The van der Waals surface area contributed by atoms with Crippen LogP contribution in [0.25, 0.3) is 10.9 Å². The van der Waals surface area contributed by atoms with Crippen molar-refractivity contribution in [3.63, 3.8) is 0 Å². The van der Waals surface area contributed by atoms with Crippen molar-refractivity contribution in [2.75, 3.05) is 11.8 Å². The van der Waals surface area contributed by atoms with Gasteiger partial charge < -0.3 is 15.8 Å². The second kappa shape index (κ2) is 11.9. The van der Waals surface area contributed by atoms with Crippen LogP contribution < -0.4 is 20.5 Å². The van der Waals surface area contributed by atoms with Gasteiger partial charge in [0.05, 0.1) is 34.6 Å². The number of aromatic nitrogens is 4. The maximum atomic E-state index is 13.1. The van der Waals surface area contributed by atoms with Gasteiger partial charge in [0.1, 0.15) is 16.3 Å². The molecule has 0 aliphatic rings. The Labute approximate surface area is 246 Å². The lowest BCUT2D eigenvalue weighted by Crippen LogP contribution is -2.27. The zero-order valence-corrected chi connectivity index (χ0v) is 24.6. The summed E-state index contributed by atoms with van der Waals surface area (Å²) in [6.07, 6.45) is 3.73. The minimum absolute atomic E-state index is 0.0477. The largest absolute Gasteiger partial charge is 0.496 e. The first-order valence-electron chi connectivity index (χ1n) is 12.6. The van der Waals surface area contributed by atoms with E-state index in [1.165, 1.54) is 30.1 Å². The van der Waals surface area contributed by atoms with Gasteiger partial charge in [-0.3, -0.25) is 14.0 Å². The molecular formula is C27H28ClN7O4S2. The fourth-order valence-corrected chi connectivity index (χ4v) is 6.86. The van der Waals surface area contributed by atoms with Gasteiger partial charge >= 0.3 is 6.03 Å². The van der Waals surface area contributed by atoms with Crippen molar-refractivity contribution in [1.29, 1.82) is 0 Å². The van der Waals surface area contributed by atoms with E-state index in [2.05, 4.69) is 20.1 Å². The number of benzene rings is 2. The topological polar surface area (TPSA) is 146 Å². The van der Waals surface area contributed by atoms with Crippen LogP contribution in [0, 0.1) is 0 Å². The van der Waals surface area contributed by atoms with E-state index in [0.717, 1.165) is 28.2 Å². The first-order chi connectivity index (χ1) is 19.6. The molecule has 3 heterocycles. The molecule has 1 amide bonds. The predicted molar refractivity (Wildman–Crippen MR) is 159 cm³/mol. The van der Waals surface area contributed by atoms with Gasteiger partial charge in [-0.1, -0.05) is 41.9 Å². The minimum Gasteiger partial charge on any atom is -0.496 e. The SMILES string of the molecule is COc1cccc2c1c(NS(=O)(=O)c1ccc(Cl)s1)nn2Cc1cccc(CNC(=O)n2cnc(C[C@@H](C)N)c2)c1. The zero-order chi connectivity index (χ0) is 29.1. The molecule has 1 atom stereocenters. The van der Waals surface area contributed by atoms with E-state index in [9.17, 15) is 13.2 Å². The fraction of sp³-hybridized carbons (Fsp3) is 0.222. The lowest BCUT2D eigenvalue weighted by molar-refractivity contribution is 0.242. The quantitative estimate of drug-likeness (QED) is 0.211. The molecule has 0 spiro atoms. The average Bonchev–Trinajstić information content (AvgIpc) is 3.67. The molecule has 0 aliphatic carbocycles. The van der Waals surface area contributed by atoms with Crippen LogP contribution in [-0.4, -0.2) is 46.9 Å².